The quantitative estimate of drug-likeness (QED) is 0.785. The molecular weight excluding hydrogens is 364 g/mol. The first-order valence-corrected chi connectivity index (χ1v) is 11.5. The van der Waals surface area contributed by atoms with E-state index in [0.29, 0.717) is 19.4 Å². The molecule has 3 rings (SSSR count). The standard InChI is InChI=1S/C16H24N2O5S2/c19-14-6-3-11-18(12-14)25(22,23)16-9-7-15(8-10-16)24(20,21)17-13-4-1-2-5-13/h7-10,13-14,17,19H,1-6,11-12H2. The molecule has 2 N–H and O–H groups in total. The first-order chi connectivity index (χ1) is 11.8. The van der Waals surface area contributed by atoms with Gasteiger partial charge in [-0.25, -0.2) is 21.6 Å². The van der Waals surface area contributed by atoms with Crippen LogP contribution in [0.15, 0.2) is 34.1 Å². The molecule has 1 unspecified atom stereocenters. The number of aliphatic hydroxyl groups excluding tert-OH is 1. The molecule has 0 aromatic heterocycles. The molecule has 0 amide bonds. The number of aliphatic hydroxyl groups is 1. The third-order valence-corrected chi connectivity index (χ3v) is 8.22. The van der Waals surface area contributed by atoms with E-state index in [4.69, 9.17) is 0 Å². The van der Waals surface area contributed by atoms with Gasteiger partial charge in [0.15, 0.2) is 0 Å². The molecule has 0 spiro atoms. The van der Waals surface area contributed by atoms with Crippen molar-refractivity contribution in [1.82, 2.24) is 9.03 Å². The third kappa shape index (κ3) is 4.22. The molecule has 1 aliphatic heterocycles. The van der Waals surface area contributed by atoms with Crippen LogP contribution in [0.1, 0.15) is 38.5 Å². The largest absolute Gasteiger partial charge is 0.392 e. The molecule has 0 bridgehead atoms. The topological polar surface area (TPSA) is 104 Å². The summed E-state index contributed by atoms with van der Waals surface area (Å²) in [5.74, 6) is 0. The molecule has 1 saturated heterocycles. The van der Waals surface area contributed by atoms with Gasteiger partial charge >= 0.3 is 0 Å². The molecule has 1 aliphatic carbocycles. The Bertz CT molecular complexity index is 799. The van der Waals surface area contributed by atoms with Crippen molar-refractivity contribution in [2.75, 3.05) is 13.1 Å². The van der Waals surface area contributed by atoms with Gasteiger partial charge in [-0.1, -0.05) is 12.8 Å². The summed E-state index contributed by atoms with van der Waals surface area (Å²) in [6.07, 6.45) is 4.26. The van der Waals surface area contributed by atoms with Crippen LogP contribution in [0.3, 0.4) is 0 Å². The number of benzene rings is 1. The molecule has 1 saturated carbocycles. The highest BCUT2D eigenvalue weighted by Crippen LogP contribution is 2.24. The highest BCUT2D eigenvalue weighted by Gasteiger charge is 2.30. The number of nitrogens with one attached hydrogen (secondary N) is 1. The number of hydrogen-bond acceptors (Lipinski definition) is 5. The van der Waals surface area contributed by atoms with Crippen LogP contribution < -0.4 is 4.72 Å². The van der Waals surface area contributed by atoms with Crippen molar-refractivity contribution in [3.05, 3.63) is 24.3 Å². The Labute approximate surface area is 149 Å². The highest BCUT2D eigenvalue weighted by atomic mass is 32.2. The van der Waals surface area contributed by atoms with Gasteiger partial charge in [-0.05, 0) is 49.9 Å². The Morgan fingerprint density at radius 3 is 2.12 bits per heavy atom. The minimum absolute atomic E-state index is 0.0387. The molecular formula is C16H24N2O5S2. The second-order valence-electron chi connectivity index (χ2n) is 6.73. The first-order valence-electron chi connectivity index (χ1n) is 8.60. The van der Waals surface area contributed by atoms with Crippen molar-refractivity contribution >= 4 is 20.0 Å². The molecule has 7 nitrogen and oxygen atoms in total. The lowest BCUT2D eigenvalue weighted by Crippen LogP contribution is -2.42. The van der Waals surface area contributed by atoms with E-state index in [1.165, 1.54) is 28.6 Å². The van der Waals surface area contributed by atoms with E-state index in [0.717, 1.165) is 25.7 Å². The molecule has 140 valence electrons. The number of piperidine rings is 1. The molecule has 9 heteroatoms. The monoisotopic (exact) mass is 388 g/mol. The van der Waals surface area contributed by atoms with Gasteiger partial charge in [-0.2, -0.15) is 4.31 Å². The third-order valence-electron chi connectivity index (χ3n) is 4.81. The summed E-state index contributed by atoms with van der Waals surface area (Å²) in [5.41, 5.74) is 0. The van der Waals surface area contributed by atoms with Crippen molar-refractivity contribution in [2.24, 2.45) is 0 Å². The summed E-state index contributed by atoms with van der Waals surface area (Å²) in [7, 11) is -7.36. The maximum Gasteiger partial charge on any atom is 0.243 e. The van der Waals surface area contributed by atoms with Crippen molar-refractivity contribution in [1.29, 1.82) is 0 Å². The molecule has 2 aliphatic rings. The van der Waals surface area contributed by atoms with Crippen LogP contribution in [-0.2, 0) is 20.0 Å². The van der Waals surface area contributed by atoms with E-state index in [2.05, 4.69) is 4.72 Å². The Kier molecular flexibility index (Phi) is 5.50. The van der Waals surface area contributed by atoms with Gasteiger partial charge in [0, 0.05) is 19.1 Å². The lowest BCUT2D eigenvalue weighted by atomic mass is 10.1. The van der Waals surface area contributed by atoms with E-state index in [1.54, 1.807) is 0 Å². The predicted octanol–water partition coefficient (Wildman–Crippen LogP) is 1.05. The molecule has 1 aromatic rings. The summed E-state index contributed by atoms with van der Waals surface area (Å²) in [6.45, 7) is 0.439. The van der Waals surface area contributed by atoms with Gasteiger partial charge in [-0.15, -0.1) is 0 Å². The average Bonchev–Trinajstić information content (AvgIpc) is 3.07. The smallest absolute Gasteiger partial charge is 0.243 e. The predicted molar refractivity (Wildman–Crippen MR) is 93.0 cm³/mol. The maximum atomic E-state index is 12.6. The van der Waals surface area contributed by atoms with Gasteiger partial charge in [0.1, 0.15) is 0 Å². The molecule has 1 heterocycles. The summed E-state index contributed by atoms with van der Waals surface area (Å²) < 4.78 is 54.0. The Balaban J connectivity index is 1.77. The van der Waals surface area contributed by atoms with Gasteiger partial charge in [0.05, 0.1) is 15.9 Å². The maximum absolute atomic E-state index is 12.6. The molecule has 25 heavy (non-hydrogen) atoms. The second-order valence-corrected chi connectivity index (χ2v) is 10.4. The van der Waals surface area contributed by atoms with Crippen LogP contribution >= 0.6 is 0 Å². The van der Waals surface area contributed by atoms with Crippen LogP contribution in [0.25, 0.3) is 0 Å². The Morgan fingerprint density at radius 2 is 1.52 bits per heavy atom. The average molecular weight is 389 g/mol. The van der Waals surface area contributed by atoms with Gasteiger partial charge in [-0.3, -0.25) is 0 Å². The lowest BCUT2D eigenvalue weighted by molar-refractivity contribution is 0.108. The number of nitrogens with zero attached hydrogens (tertiary/aromatic N) is 1. The Morgan fingerprint density at radius 1 is 0.920 bits per heavy atom. The van der Waals surface area contributed by atoms with Crippen molar-refractivity contribution in [3.63, 3.8) is 0 Å². The molecule has 1 atom stereocenters. The minimum atomic E-state index is -3.72. The summed E-state index contributed by atoms with van der Waals surface area (Å²) in [5, 5.41) is 9.68. The number of sulfonamides is 2. The highest BCUT2D eigenvalue weighted by molar-refractivity contribution is 7.89. The second kappa shape index (κ2) is 7.32. The zero-order valence-corrected chi connectivity index (χ0v) is 15.6. The van der Waals surface area contributed by atoms with E-state index in [-0.39, 0.29) is 22.4 Å². The lowest BCUT2D eigenvalue weighted by Gasteiger charge is -2.29. The Hall–Kier alpha value is -1.00. The van der Waals surface area contributed by atoms with E-state index in [1.807, 2.05) is 0 Å². The van der Waals surface area contributed by atoms with Gasteiger partial charge < -0.3 is 5.11 Å². The zero-order valence-electron chi connectivity index (χ0n) is 14.0. The van der Waals surface area contributed by atoms with Gasteiger partial charge in [0.2, 0.25) is 20.0 Å². The van der Waals surface area contributed by atoms with Crippen molar-refractivity contribution in [2.45, 2.75) is 60.5 Å². The zero-order chi connectivity index (χ0) is 18.1. The van der Waals surface area contributed by atoms with Gasteiger partial charge in [0.25, 0.3) is 0 Å². The SMILES string of the molecule is O=S(=O)(NC1CCCC1)c1ccc(S(=O)(=O)N2CCCC(O)C2)cc1. The molecule has 0 radical (unpaired) electrons. The fourth-order valence-electron chi connectivity index (χ4n) is 3.41. The number of hydrogen-bond donors (Lipinski definition) is 2. The molecule has 1 aromatic carbocycles. The summed E-state index contributed by atoms with van der Waals surface area (Å²) in [6, 6.07) is 5.25. The number of β-amino-alcohol motifs (C(OH)–C–C–N with tert-alkyl or cyclic N) is 1. The summed E-state index contributed by atoms with van der Waals surface area (Å²) >= 11 is 0. The minimum Gasteiger partial charge on any atom is -0.392 e. The normalized spacial score (nSPS) is 23.8. The fraction of sp³-hybridized carbons (Fsp3) is 0.625. The summed E-state index contributed by atoms with van der Waals surface area (Å²) in [4.78, 5) is 0.110. The van der Waals surface area contributed by atoms with E-state index >= 15 is 0 Å². The fourth-order valence-corrected chi connectivity index (χ4v) is 6.23. The van der Waals surface area contributed by atoms with Crippen LogP contribution in [0, 0.1) is 0 Å². The van der Waals surface area contributed by atoms with Crippen LogP contribution in [0.4, 0.5) is 0 Å². The molecule has 2 fully saturated rings. The van der Waals surface area contributed by atoms with Crippen molar-refractivity contribution in [3.8, 4) is 0 Å². The van der Waals surface area contributed by atoms with E-state index in [9.17, 15) is 21.9 Å². The van der Waals surface area contributed by atoms with Crippen LogP contribution in [0.5, 0.6) is 0 Å². The van der Waals surface area contributed by atoms with Crippen LogP contribution in [0.2, 0.25) is 0 Å². The first kappa shape index (κ1) is 18.8. The van der Waals surface area contributed by atoms with Crippen LogP contribution in [-0.4, -0.2) is 51.5 Å². The van der Waals surface area contributed by atoms with E-state index < -0.39 is 26.2 Å². The number of rotatable bonds is 5. The van der Waals surface area contributed by atoms with Crippen molar-refractivity contribution < 1.29 is 21.9 Å².